The summed E-state index contributed by atoms with van der Waals surface area (Å²) in [5.74, 6) is -0.490. The van der Waals surface area contributed by atoms with E-state index in [0.717, 1.165) is 6.07 Å². The highest BCUT2D eigenvalue weighted by atomic mass is 35.5. The lowest BCUT2D eigenvalue weighted by Gasteiger charge is -2.02. The molecule has 0 aliphatic heterocycles. The summed E-state index contributed by atoms with van der Waals surface area (Å²) in [7, 11) is 0. The van der Waals surface area contributed by atoms with Gasteiger partial charge in [-0.25, -0.2) is 14.4 Å². The van der Waals surface area contributed by atoms with Gasteiger partial charge in [0.1, 0.15) is 11.0 Å². The van der Waals surface area contributed by atoms with E-state index in [-0.39, 0.29) is 15.5 Å². The van der Waals surface area contributed by atoms with Crippen LogP contribution in [-0.2, 0) is 0 Å². The Labute approximate surface area is 93.6 Å². The maximum absolute atomic E-state index is 12.9. The average molecular weight is 251 g/mol. The third kappa shape index (κ3) is 1.63. The molecule has 0 fully saturated rings. The van der Waals surface area contributed by atoms with E-state index in [1.807, 2.05) is 0 Å². The zero-order chi connectivity index (χ0) is 10.3. The van der Waals surface area contributed by atoms with Crippen molar-refractivity contribution in [1.29, 1.82) is 0 Å². The molecule has 0 N–H and O–H groups in total. The van der Waals surface area contributed by atoms with E-state index in [4.69, 9.17) is 34.8 Å². The minimum absolute atomic E-state index is 0.0176. The van der Waals surface area contributed by atoms with Crippen LogP contribution in [0.2, 0.25) is 15.5 Å². The maximum atomic E-state index is 12.9. The highest BCUT2D eigenvalue weighted by Crippen LogP contribution is 2.28. The van der Waals surface area contributed by atoms with Crippen molar-refractivity contribution in [1.82, 2.24) is 9.97 Å². The summed E-state index contributed by atoms with van der Waals surface area (Å²) in [6.07, 6.45) is 0. The van der Waals surface area contributed by atoms with Crippen LogP contribution in [0.3, 0.4) is 0 Å². The first kappa shape index (κ1) is 9.90. The van der Waals surface area contributed by atoms with E-state index in [0.29, 0.717) is 10.9 Å². The van der Waals surface area contributed by atoms with Gasteiger partial charge in [0.05, 0.1) is 10.5 Å². The number of hydrogen-bond donors (Lipinski definition) is 0. The van der Waals surface area contributed by atoms with Gasteiger partial charge >= 0.3 is 0 Å². The van der Waals surface area contributed by atoms with Crippen LogP contribution in [0, 0.1) is 5.82 Å². The fraction of sp³-hybridized carbons (Fsp3) is 0. The highest BCUT2D eigenvalue weighted by Gasteiger charge is 2.09. The van der Waals surface area contributed by atoms with E-state index in [1.54, 1.807) is 0 Å². The van der Waals surface area contributed by atoms with Crippen molar-refractivity contribution in [3.63, 3.8) is 0 Å². The van der Waals surface area contributed by atoms with Gasteiger partial charge in [-0.1, -0.05) is 23.2 Å². The lowest BCUT2D eigenvalue weighted by Crippen LogP contribution is -1.89. The fourth-order valence-electron chi connectivity index (χ4n) is 1.10. The molecular formula is C8H2Cl3FN2. The van der Waals surface area contributed by atoms with Gasteiger partial charge in [0.2, 0.25) is 5.28 Å². The Balaban J connectivity index is 2.94. The molecule has 0 atom stereocenters. The first-order valence-corrected chi connectivity index (χ1v) is 4.69. The fourth-order valence-corrected chi connectivity index (χ4v) is 1.78. The Morgan fingerprint density at radius 2 is 1.79 bits per heavy atom. The Morgan fingerprint density at radius 1 is 1.07 bits per heavy atom. The molecule has 1 aromatic carbocycles. The Morgan fingerprint density at radius 3 is 2.50 bits per heavy atom. The molecule has 0 amide bonds. The first-order chi connectivity index (χ1) is 6.58. The minimum Gasteiger partial charge on any atom is -0.216 e. The topological polar surface area (TPSA) is 25.8 Å². The summed E-state index contributed by atoms with van der Waals surface area (Å²) >= 11 is 17.1. The van der Waals surface area contributed by atoms with Gasteiger partial charge in [0.25, 0.3) is 0 Å². The predicted octanol–water partition coefficient (Wildman–Crippen LogP) is 3.73. The smallest absolute Gasteiger partial charge is 0.216 e. The lowest BCUT2D eigenvalue weighted by atomic mass is 10.2. The van der Waals surface area contributed by atoms with Crippen molar-refractivity contribution in [3.8, 4) is 0 Å². The molecule has 0 radical (unpaired) electrons. The second-order valence-electron chi connectivity index (χ2n) is 2.57. The SMILES string of the molecule is Fc1cc(Cl)c2nc(Cl)nc(Cl)c2c1. The molecule has 2 nitrogen and oxygen atoms in total. The molecule has 0 saturated carbocycles. The molecule has 0 aliphatic carbocycles. The lowest BCUT2D eigenvalue weighted by molar-refractivity contribution is 0.629. The summed E-state index contributed by atoms with van der Waals surface area (Å²) in [6, 6.07) is 2.35. The van der Waals surface area contributed by atoms with E-state index in [9.17, 15) is 4.39 Å². The van der Waals surface area contributed by atoms with Crippen molar-refractivity contribution in [2.45, 2.75) is 0 Å². The molecule has 2 rings (SSSR count). The van der Waals surface area contributed by atoms with E-state index >= 15 is 0 Å². The van der Waals surface area contributed by atoms with E-state index < -0.39 is 5.82 Å². The van der Waals surface area contributed by atoms with Crippen molar-refractivity contribution < 1.29 is 4.39 Å². The largest absolute Gasteiger partial charge is 0.224 e. The zero-order valence-corrected chi connectivity index (χ0v) is 8.83. The van der Waals surface area contributed by atoms with Crippen LogP contribution < -0.4 is 0 Å². The Bertz CT molecular complexity index is 468. The summed E-state index contributed by atoms with van der Waals surface area (Å²) in [5.41, 5.74) is 0.345. The summed E-state index contributed by atoms with van der Waals surface area (Å²) in [4.78, 5) is 7.53. The second-order valence-corrected chi connectivity index (χ2v) is 3.67. The number of aromatic nitrogens is 2. The van der Waals surface area contributed by atoms with E-state index in [2.05, 4.69) is 9.97 Å². The molecule has 0 aliphatic rings. The van der Waals surface area contributed by atoms with Crippen LogP contribution in [0.4, 0.5) is 4.39 Å². The Hall–Kier alpha value is -0.640. The molecule has 14 heavy (non-hydrogen) atoms. The van der Waals surface area contributed by atoms with Crippen molar-refractivity contribution in [2.24, 2.45) is 0 Å². The zero-order valence-electron chi connectivity index (χ0n) is 6.56. The second kappa shape index (κ2) is 3.50. The molecule has 0 bridgehead atoms. The van der Waals surface area contributed by atoms with Crippen molar-refractivity contribution >= 4 is 45.7 Å². The predicted molar refractivity (Wildman–Crippen MR) is 54.5 cm³/mol. The third-order valence-corrected chi connectivity index (χ3v) is 2.39. The molecular weight excluding hydrogens is 249 g/mol. The van der Waals surface area contributed by atoms with Gasteiger partial charge < -0.3 is 0 Å². The quantitative estimate of drug-likeness (QED) is 0.527. The minimum atomic E-state index is -0.490. The summed E-state index contributed by atoms with van der Waals surface area (Å²) in [5, 5.41) is 0.574. The number of halogens is 4. The highest BCUT2D eigenvalue weighted by molar-refractivity contribution is 6.39. The average Bonchev–Trinajstić information content (AvgIpc) is 2.07. The maximum Gasteiger partial charge on any atom is 0.224 e. The summed E-state index contributed by atoms with van der Waals surface area (Å²) < 4.78 is 12.9. The van der Waals surface area contributed by atoms with Gasteiger partial charge in [-0.05, 0) is 23.7 Å². The molecule has 2 aromatic rings. The number of fused-ring (bicyclic) bond motifs is 1. The van der Waals surface area contributed by atoms with Gasteiger partial charge in [0, 0.05) is 5.39 Å². The number of nitrogens with zero attached hydrogens (tertiary/aromatic N) is 2. The van der Waals surface area contributed by atoms with Crippen LogP contribution in [0.25, 0.3) is 10.9 Å². The monoisotopic (exact) mass is 250 g/mol. The van der Waals surface area contributed by atoms with Crippen molar-refractivity contribution in [3.05, 3.63) is 33.4 Å². The normalized spacial score (nSPS) is 10.9. The third-order valence-electron chi connectivity index (χ3n) is 1.64. The van der Waals surface area contributed by atoms with Crippen LogP contribution >= 0.6 is 34.8 Å². The number of hydrogen-bond acceptors (Lipinski definition) is 2. The van der Waals surface area contributed by atoms with Crippen LogP contribution in [0.1, 0.15) is 0 Å². The molecule has 6 heteroatoms. The van der Waals surface area contributed by atoms with Gasteiger partial charge in [-0.15, -0.1) is 0 Å². The molecule has 1 aromatic heterocycles. The molecule has 1 heterocycles. The van der Waals surface area contributed by atoms with Gasteiger partial charge in [0.15, 0.2) is 0 Å². The Kier molecular flexibility index (Phi) is 2.47. The van der Waals surface area contributed by atoms with Gasteiger partial charge in [-0.3, -0.25) is 0 Å². The van der Waals surface area contributed by atoms with Gasteiger partial charge in [-0.2, -0.15) is 0 Å². The molecule has 0 unspecified atom stereocenters. The molecule has 0 saturated heterocycles. The van der Waals surface area contributed by atoms with E-state index in [1.165, 1.54) is 6.07 Å². The molecule has 72 valence electrons. The standard InChI is InChI=1S/C8H2Cl3FN2/c9-5-2-3(12)1-4-6(5)13-8(11)14-7(4)10/h1-2H. The first-order valence-electron chi connectivity index (χ1n) is 3.56. The molecule has 0 spiro atoms. The summed E-state index contributed by atoms with van der Waals surface area (Å²) in [6.45, 7) is 0. The van der Waals surface area contributed by atoms with Crippen LogP contribution in [0.5, 0.6) is 0 Å². The van der Waals surface area contributed by atoms with Crippen LogP contribution in [-0.4, -0.2) is 9.97 Å². The number of benzene rings is 1. The van der Waals surface area contributed by atoms with Crippen LogP contribution in [0.15, 0.2) is 12.1 Å². The van der Waals surface area contributed by atoms with Crippen molar-refractivity contribution in [2.75, 3.05) is 0 Å². The number of rotatable bonds is 0.